The lowest BCUT2D eigenvalue weighted by molar-refractivity contribution is -0.0181. The molecule has 2 aromatic rings. The number of aromatic nitrogens is 3. The van der Waals surface area contributed by atoms with Gasteiger partial charge in [0.25, 0.3) is 0 Å². The highest BCUT2D eigenvalue weighted by molar-refractivity contribution is 6.18. The molecule has 32 heavy (non-hydrogen) atoms. The van der Waals surface area contributed by atoms with Gasteiger partial charge in [0.15, 0.2) is 0 Å². The summed E-state index contributed by atoms with van der Waals surface area (Å²) >= 11 is 5.68. The summed E-state index contributed by atoms with van der Waals surface area (Å²) in [6, 6.07) is 3.21. The van der Waals surface area contributed by atoms with E-state index in [9.17, 15) is 19.0 Å². The van der Waals surface area contributed by atoms with E-state index in [0.717, 1.165) is 44.9 Å². The minimum Gasteiger partial charge on any atom is -0.391 e. The van der Waals surface area contributed by atoms with Gasteiger partial charge in [-0.05, 0) is 13.1 Å². The van der Waals surface area contributed by atoms with Crippen molar-refractivity contribution in [2.45, 2.75) is 18.2 Å². The van der Waals surface area contributed by atoms with E-state index in [1.54, 1.807) is 0 Å². The van der Waals surface area contributed by atoms with Crippen LogP contribution in [0.2, 0.25) is 0 Å². The molecular weight excluding hydrogens is 442 g/mol. The molecule has 0 spiro atoms. The summed E-state index contributed by atoms with van der Waals surface area (Å²) in [6.45, 7) is 5.61. The number of piperazine rings is 1. The highest BCUT2D eigenvalue weighted by atomic mass is 35.5. The Morgan fingerprint density at radius 3 is 2.56 bits per heavy atom. The Labute approximate surface area is 192 Å². The number of hydrogen-bond acceptors (Lipinski definition) is 7. The third-order valence-electron chi connectivity index (χ3n) is 5.76. The van der Waals surface area contributed by atoms with Crippen LogP contribution in [0.4, 0.5) is 8.78 Å². The average molecular weight is 473 g/mol. The number of likely N-dealkylation sites (N-methyl/N-ethyl adjacent to an activating group) is 1. The van der Waals surface area contributed by atoms with E-state index in [2.05, 4.69) is 19.9 Å². The summed E-state index contributed by atoms with van der Waals surface area (Å²) in [5, 5.41) is 25.2. The van der Waals surface area contributed by atoms with Gasteiger partial charge in [-0.15, -0.1) is 11.6 Å². The maximum absolute atomic E-state index is 14.6. The number of alkyl halides is 1. The van der Waals surface area contributed by atoms with Crippen LogP contribution >= 0.6 is 11.6 Å². The molecule has 2 unspecified atom stereocenters. The third kappa shape index (κ3) is 6.90. The van der Waals surface area contributed by atoms with Gasteiger partial charge in [0.1, 0.15) is 29.9 Å². The van der Waals surface area contributed by atoms with Crippen LogP contribution in [0.15, 0.2) is 30.9 Å². The highest BCUT2D eigenvalue weighted by Crippen LogP contribution is 2.27. The first-order chi connectivity index (χ1) is 15.3. The Bertz CT molecular complexity index is 838. The van der Waals surface area contributed by atoms with E-state index >= 15 is 0 Å². The van der Waals surface area contributed by atoms with Crippen molar-refractivity contribution in [2.75, 3.05) is 65.3 Å². The fourth-order valence-corrected chi connectivity index (χ4v) is 4.15. The SMILES string of the molecule is CN(CCN1CCN(CC(O)CCl)CC1)CC(O)(Cn1cncn1)c1ccc(F)cc1F. The number of hydrogen-bond donors (Lipinski definition) is 2. The standard InChI is InChI=1S/C21H31ClF2N6O2/c1-27(4-5-28-6-8-29(9-7-28)12-18(31)11-22)13-21(32,14-30-16-25-15-26-30)19-3-2-17(23)10-20(19)24/h2-3,10,15-16,18,31-32H,4-9,11-14H2,1H3. The van der Waals surface area contributed by atoms with Crippen molar-refractivity contribution in [3.05, 3.63) is 48.1 Å². The Morgan fingerprint density at radius 2 is 1.94 bits per heavy atom. The normalized spacial score (nSPS) is 18.7. The second-order valence-electron chi connectivity index (χ2n) is 8.44. The smallest absolute Gasteiger partial charge is 0.137 e. The molecule has 0 aliphatic carbocycles. The van der Waals surface area contributed by atoms with Crippen LogP contribution in [0.1, 0.15) is 5.56 Å². The van der Waals surface area contributed by atoms with Crippen molar-refractivity contribution < 1.29 is 19.0 Å². The molecule has 2 N–H and O–H groups in total. The summed E-state index contributed by atoms with van der Waals surface area (Å²) in [6.07, 6.45) is 2.29. The topological polar surface area (TPSA) is 80.9 Å². The van der Waals surface area contributed by atoms with E-state index in [-0.39, 0.29) is 24.5 Å². The van der Waals surface area contributed by atoms with Gasteiger partial charge in [-0.1, -0.05) is 6.07 Å². The zero-order chi connectivity index (χ0) is 23.1. The van der Waals surface area contributed by atoms with Gasteiger partial charge in [-0.2, -0.15) is 5.10 Å². The molecule has 0 radical (unpaired) electrons. The van der Waals surface area contributed by atoms with E-state index in [0.29, 0.717) is 13.1 Å². The van der Waals surface area contributed by atoms with Gasteiger partial charge in [-0.25, -0.2) is 18.4 Å². The number of nitrogens with zero attached hydrogens (tertiary/aromatic N) is 6. The predicted molar refractivity (Wildman–Crippen MR) is 117 cm³/mol. The van der Waals surface area contributed by atoms with Crippen molar-refractivity contribution in [1.82, 2.24) is 29.5 Å². The number of rotatable bonds is 11. The van der Waals surface area contributed by atoms with Crippen LogP contribution in [0, 0.1) is 11.6 Å². The third-order valence-corrected chi connectivity index (χ3v) is 6.12. The predicted octanol–water partition coefficient (Wildman–Crippen LogP) is 0.593. The summed E-state index contributed by atoms with van der Waals surface area (Å²) in [5.74, 6) is -1.26. The summed E-state index contributed by atoms with van der Waals surface area (Å²) < 4.78 is 29.4. The maximum Gasteiger partial charge on any atom is 0.137 e. The number of benzene rings is 1. The molecule has 2 heterocycles. The minimum absolute atomic E-state index is 0.0124. The molecule has 3 rings (SSSR count). The number of aliphatic hydroxyl groups excluding tert-OH is 1. The van der Waals surface area contributed by atoms with Crippen LogP contribution in [0.3, 0.4) is 0 Å². The molecule has 1 saturated heterocycles. The Hall–Kier alpha value is -1.69. The Morgan fingerprint density at radius 1 is 1.22 bits per heavy atom. The zero-order valence-corrected chi connectivity index (χ0v) is 19.0. The lowest BCUT2D eigenvalue weighted by atomic mass is 9.92. The van der Waals surface area contributed by atoms with Gasteiger partial charge in [0.05, 0.1) is 12.6 Å². The van der Waals surface area contributed by atoms with Gasteiger partial charge in [-0.3, -0.25) is 9.80 Å². The monoisotopic (exact) mass is 472 g/mol. The van der Waals surface area contributed by atoms with Gasteiger partial charge in [0.2, 0.25) is 0 Å². The zero-order valence-electron chi connectivity index (χ0n) is 18.2. The van der Waals surface area contributed by atoms with Crippen LogP contribution in [0.25, 0.3) is 0 Å². The van der Waals surface area contributed by atoms with Crippen molar-refractivity contribution in [3.63, 3.8) is 0 Å². The van der Waals surface area contributed by atoms with E-state index < -0.39 is 23.3 Å². The Balaban J connectivity index is 1.58. The Kier molecular flexibility index (Phi) is 8.92. The fourth-order valence-electron chi connectivity index (χ4n) is 4.05. The lowest BCUT2D eigenvalue weighted by Crippen LogP contribution is -2.51. The quantitative estimate of drug-likeness (QED) is 0.463. The summed E-state index contributed by atoms with van der Waals surface area (Å²) in [5.41, 5.74) is -1.59. The average Bonchev–Trinajstić information content (AvgIpc) is 3.25. The molecular formula is C21H31ClF2N6O2. The molecule has 1 aromatic heterocycles. The second kappa shape index (κ2) is 11.4. The number of halogens is 3. The maximum atomic E-state index is 14.6. The molecule has 0 amide bonds. The molecule has 1 aliphatic heterocycles. The van der Waals surface area contributed by atoms with Gasteiger partial charge >= 0.3 is 0 Å². The molecule has 0 saturated carbocycles. The van der Waals surface area contributed by atoms with E-state index in [1.807, 2.05) is 11.9 Å². The van der Waals surface area contributed by atoms with E-state index in [1.165, 1.54) is 23.4 Å². The van der Waals surface area contributed by atoms with E-state index in [4.69, 9.17) is 11.6 Å². The molecule has 11 heteroatoms. The molecule has 0 bridgehead atoms. The molecule has 1 aliphatic rings. The van der Waals surface area contributed by atoms with Crippen LogP contribution in [-0.2, 0) is 12.1 Å². The minimum atomic E-state index is -1.61. The second-order valence-corrected chi connectivity index (χ2v) is 8.75. The van der Waals surface area contributed by atoms with Crippen molar-refractivity contribution in [2.24, 2.45) is 0 Å². The van der Waals surface area contributed by atoms with Gasteiger partial charge < -0.3 is 15.1 Å². The van der Waals surface area contributed by atoms with Crippen LogP contribution in [-0.4, -0.2) is 111 Å². The first-order valence-corrected chi connectivity index (χ1v) is 11.2. The van der Waals surface area contributed by atoms with Crippen molar-refractivity contribution in [1.29, 1.82) is 0 Å². The molecule has 2 atom stereocenters. The summed E-state index contributed by atoms with van der Waals surface area (Å²) in [4.78, 5) is 10.3. The van der Waals surface area contributed by atoms with Crippen molar-refractivity contribution in [3.8, 4) is 0 Å². The highest BCUT2D eigenvalue weighted by Gasteiger charge is 2.35. The molecule has 1 fully saturated rings. The number of aliphatic hydroxyl groups is 2. The largest absolute Gasteiger partial charge is 0.391 e. The van der Waals surface area contributed by atoms with Crippen LogP contribution in [0.5, 0.6) is 0 Å². The van der Waals surface area contributed by atoms with Crippen LogP contribution < -0.4 is 0 Å². The molecule has 178 valence electrons. The van der Waals surface area contributed by atoms with Gasteiger partial charge in [0, 0.05) is 69.9 Å². The molecule has 1 aromatic carbocycles. The van der Waals surface area contributed by atoms with Crippen molar-refractivity contribution >= 4 is 11.6 Å². The number of β-amino-alcohol motifs (C(OH)–C–C–N with tert-alkyl or cyclic N) is 1. The first-order valence-electron chi connectivity index (χ1n) is 10.7. The molecule has 8 nitrogen and oxygen atoms in total. The fraction of sp³-hybridized carbons (Fsp3) is 0.619. The lowest BCUT2D eigenvalue weighted by Gasteiger charge is -2.37. The summed E-state index contributed by atoms with van der Waals surface area (Å²) in [7, 11) is 1.86. The first kappa shape index (κ1) is 24.9.